The molecule has 0 heterocycles. The number of carbonyl (C=O) groups is 2. The molecule has 0 saturated heterocycles. The van der Waals surface area contributed by atoms with E-state index in [1.807, 2.05) is 65.6 Å². The van der Waals surface area contributed by atoms with E-state index in [2.05, 4.69) is 0 Å². The standard InChI is InChI=1S/C32H32FNO3/c1-37-31(35)21-19-25-8-7-12-29(22-25)34(32(36)28-10-3-2-4-11-28)23-26-16-14-24(15-17-26)18-20-27-9-5-6-13-30(27)33/h5-9,12-22,28H,2-4,10-11,23H2,1H3/b20-18+,21-19+. The van der Waals surface area contributed by atoms with Gasteiger partial charge in [0.2, 0.25) is 5.91 Å². The molecule has 0 radical (unpaired) electrons. The van der Waals surface area contributed by atoms with Crippen molar-refractivity contribution in [3.05, 3.63) is 107 Å². The lowest BCUT2D eigenvalue weighted by molar-refractivity contribution is -0.134. The van der Waals surface area contributed by atoms with E-state index in [0.717, 1.165) is 48.1 Å². The van der Waals surface area contributed by atoms with Gasteiger partial charge in [0, 0.05) is 23.2 Å². The first kappa shape index (κ1) is 26.1. The smallest absolute Gasteiger partial charge is 0.330 e. The highest BCUT2D eigenvalue weighted by molar-refractivity contribution is 5.95. The molecule has 4 rings (SSSR count). The molecule has 1 saturated carbocycles. The van der Waals surface area contributed by atoms with Crippen LogP contribution in [-0.4, -0.2) is 19.0 Å². The second-order valence-electron chi connectivity index (χ2n) is 9.31. The minimum absolute atomic E-state index is 0.0194. The van der Waals surface area contributed by atoms with Gasteiger partial charge in [-0.1, -0.05) is 86.0 Å². The van der Waals surface area contributed by atoms with Crippen molar-refractivity contribution in [1.29, 1.82) is 0 Å². The van der Waals surface area contributed by atoms with E-state index in [1.165, 1.54) is 25.7 Å². The third-order valence-electron chi connectivity index (χ3n) is 6.70. The largest absolute Gasteiger partial charge is 0.466 e. The molecule has 0 aromatic heterocycles. The Labute approximate surface area is 218 Å². The predicted molar refractivity (Wildman–Crippen MR) is 147 cm³/mol. The van der Waals surface area contributed by atoms with Gasteiger partial charge in [-0.05, 0) is 53.8 Å². The highest BCUT2D eigenvalue weighted by Gasteiger charge is 2.27. The SMILES string of the molecule is COC(=O)/C=C/c1cccc(N(Cc2ccc(/C=C/c3ccccc3F)cc2)C(=O)C2CCCCC2)c1. The molecule has 1 fully saturated rings. The zero-order valence-corrected chi connectivity index (χ0v) is 21.1. The van der Waals surface area contributed by atoms with Gasteiger partial charge in [0.1, 0.15) is 5.82 Å². The van der Waals surface area contributed by atoms with Crippen molar-refractivity contribution in [2.75, 3.05) is 12.0 Å². The highest BCUT2D eigenvalue weighted by atomic mass is 19.1. The Morgan fingerprint density at radius 2 is 1.65 bits per heavy atom. The molecule has 1 aliphatic rings. The molecule has 1 amide bonds. The van der Waals surface area contributed by atoms with E-state index in [9.17, 15) is 14.0 Å². The van der Waals surface area contributed by atoms with E-state index >= 15 is 0 Å². The average molecular weight is 498 g/mol. The first-order chi connectivity index (χ1) is 18.0. The van der Waals surface area contributed by atoms with Gasteiger partial charge < -0.3 is 9.64 Å². The number of rotatable bonds is 8. The fourth-order valence-electron chi connectivity index (χ4n) is 4.61. The Balaban J connectivity index is 1.56. The maximum atomic E-state index is 13.9. The summed E-state index contributed by atoms with van der Waals surface area (Å²) in [7, 11) is 1.34. The van der Waals surface area contributed by atoms with Crippen LogP contribution in [0.2, 0.25) is 0 Å². The number of nitrogens with zero attached hydrogens (tertiary/aromatic N) is 1. The van der Waals surface area contributed by atoms with Crippen LogP contribution in [0.25, 0.3) is 18.2 Å². The number of amides is 1. The maximum absolute atomic E-state index is 13.9. The zero-order valence-electron chi connectivity index (χ0n) is 21.1. The molecule has 0 atom stereocenters. The second kappa shape index (κ2) is 12.8. The van der Waals surface area contributed by atoms with Gasteiger partial charge in [0.05, 0.1) is 13.7 Å². The van der Waals surface area contributed by atoms with Gasteiger partial charge >= 0.3 is 5.97 Å². The fraction of sp³-hybridized carbons (Fsp3) is 0.250. The average Bonchev–Trinajstić information content (AvgIpc) is 2.95. The van der Waals surface area contributed by atoms with E-state index < -0.39 is 5.97 Å². The van der Waals surface area contributed by atoms with Crippen LogP contribution >= 0.6 is 0 Å². The van der Waals surface area contributed by atoms with Gasteiger partial charge in [-0.2, -0.15) is 0 Å². The summed E-state index contributed by atoms with van der Waals surface area (Å²) in [4.78, 5) is 27.1. The Kier molecular flexibility index (Phi) is 9.03. The number of hydrogen-bond acceptors (Lipinski definition) is 3. The van der Waals surface area contributed by atoms with Crippen LogP contribution in [0.3, 0.4) is 0 Å². The molecular weight excluding hydrogens is 465 g/mol. The third-order valence-corrected chi connectivity index (χ3v) is 6.70. The summed E-state index contributed by atoms with van der Waals surface area (Å²) >= 11 is 0. The normalized spacial score (nSPS) is 14.2. The van der Waals surface area contributed by atoms with Crippen molar-refractivity contribution in [3.8, 4) is 0 Å². The number of anilines is 1. The van der Waals surface area contributed by atoms with Crippen LogP contribution in [0.4, 0.5) is 10.1 Å². The van der Waals surface area contributed by atoms with Crippen molar-refractivity contribution in [2.45, 2.75) is 38.6 Å². The number of benzene rings is 3. The van der Waals surface area contributed by atoms with Gasteiger partial charge in [-0.3, -0.25) is 4.79 Å². The molecule has 0 bridgehead atoms. The van der Waals surface area contributed by atoms with E-state index in [0.29, 0.717) is 12.1 Å². The van der Waals surface area contributed by atoms with Crippen LogP contribution in [0.5, 0.6) is 0 Å². The van der Waals surface area contributed by atoms with Crippen molar-refractivity contribution in [3.63, 3.8) is 0 Å². The molecule has 0 N–H and O–H groups in total. The Hall–Kier alpha value is -3.99. The maximum Gasteiger partial charge on any atom is 0.330 e. The van der Waals surface area contributed by atoms with Gasteiger partial charge in [0.15, 0.2) is 0 Å². The third kappa shape index (κ3) is 7.26. The lowest BCUT2D eigenvalue weighted by Gasteiger charge is -2.30. The Morgan fingerprint density at radius 1 is 0.892 bits per heavy atom. The molecule has 0 unspecified atom stereocenters. The summed E-state index contributed by atoms with van der Waals surface area (Å²) < 4.78 is 18.6. The van der Waals surface area contributed by atoms with Gasteiger partial charge in [-0.15, -0.1) is 0 Å². The molecule has 0 spiro atoms. The molecule has 0 aliphatic heterocycles. The first-order valence-corrected chi connectivity index (χ1v) is 12.7. The number of esters is 1. The van der Waals surface area contributed by atoms with Crippen LogP contribution < -0.4 is 4.90 Å². The summed E-state index contributed by atoms with van der Waals surface area (Å²) in [5.74, 6) is -0.524. The molecule has 5 heteroatoms. The second-order valence-corrected chi connectivity index (χ2v) is 9.31. The topological polar surface area (TPSA) is 46.6 Å². The molecule has 37 heavy (non-hydrogen) atoms. The van der Waals surface area contributed by atoms with Crippen molar-refractivity contribution in [2.24, 2.45) is 5.92 Å². The fourth-order valence-corrected chi connectivity index (χ4v) is 4.61. The summed E-state index contributed by atoms with van der Waals surface area (Å²) in [6, 6.07) is 22.3. The van der Waals surface area contributed by atoms with E-state index in [-0.39, 0.29) is 17.6 Å². The number of methoxy groups -OCH3 is 1. The van der Waals surface area contributed by atoms with E-state index in [4.69, 9.17) is 4.74 Å². The summed E-state index contributed by atoms with van der Waals surface area (Å²) in [5, 5.41) is 0. The monoisotopic (exact) mass is 497 g/mol. The van der Waals surface area contributed by atoms with Crippen molar-refractivity contribution in [1.82, 2.24) is 0 Å². The van der Waals surface area contributed by atoms with Crippen LogP contribution in [0.1, 0.15) is 54.4 Å². The van der Waals surface area contributed by atoms with Crippen LogP contribution in [0, 0.1) is 11.7 Å². The zero-order chi connectivity index (χ0) is 26.0. The molecule has 3 aromatic carbocycles. The lowest BCUT2D eigenvalue weighted by Crippen LogP contribution is -2.36. The van der Waals surface area contributed by atoms with Crippen LogP contribution in [-0.2, 0) is 20.9 Å². The van der Waals surface area contributed by atoms with Crippen LogP contribution in [0.15, 0.2) is 78.9 Å². The predicted octanol–water partition coefficient (Wildman–Crippen LogP) is 7.30. The number of ether oxygens (including phenoxy) is 1. The summed E-state index contributed by atoms with van der Waals surface area (Å²) in [5.41, 5.74) is 4.11. The lowest BCUT2D eigenvalue weighted by atomic mass is 9.88. The minimum Gasteiger partial charge on any atom is -0.466 e. The quantitative estimate of drug-likeness (QED) is 0.186. The summed E-state index contributed by atoms with van der Waals surface area (Å²) in [6.45, 7) is 0.441. The van der Waals surface area contributed by atoms with Gasteiger partial charge in [0.25, 0.3) is 0 Å². The molecular formula is C32H32FNO3. The summed E-state index contributed by atoms with van der Waals surface area (Å²) in [6.07, 6.45) is 11.9. The Morgan fingerprint density at radius 3 is 2.38 bits per heavy atom. The van der Waals surface area contributed by atoms with Gasteiger partial charge in [-0.25, -0.2) is 9.18 Å². The molecule has 4 nitrogen and oxygen atoms in total. The highest BCUT2D eigenvalue weighted by Crippen LogP contribution is 2.29. The number of carbonyl (C=O) groups excluding carboxylic acids is 2. The van der Waals surface area contributed by atoms with Crippen molar-refractivity contribution < 1.29 is 18.7 Å². The minimum atomic E-state index is -0.426. The van der Waals surface area contributed by atoms with E-state index in [1.54, 1.807) is 24.3 Å². The molecule has 1 aliphatic carbocycles. The van der Waals surface area contributed by atoms with Crippen molar-refractivity contribution >= 4 is 35.8 Å². The number of hydrogen-bond donors (Lipinski definition) is 0. The first-order valence-electron chi connectivity index (χ1n) is 12.7. The molecule has 190 valence electrons. The molecule has 3 aromatic rings. The Bertz CT molecular complexity index is 1270. The number of halogens is 1.